The summed E-state index contributed by atoms with van der Waals surface area (Å²) in [6.45, 7) is 3.47. The second kappa shape index (κ2) is 18.1. The maximum absolute atomic E-state index is 5.56. The zero-order valence-corrected chi connectivity index (χ0v) is 20.4. The molecule has 0 rings (SSSR count). The highest BCUT2D eigenvalue weighted by molar-refractivity contribution is 6.60. The van der Waals surface area contributed by atoms with Crippen molar-refractivity contribution < 1.29 is 13.3 Å². The molecule has 0 saturated heterocycles. The van der Waals surface area contributed by atoms with Gasteiger partial charge in [-0.05, 0) is 39.4 Å². The fourth-order valence-corrected chi connectivity index (χ4v) is 5.53. The largest absolute Gasteiger partial charge is 0.500 e. The molecule has 4 nitrogen and oxygen atoms in total. The topological polar surface area (TPSA) is 30.9 Å². The van der Waals surface area contributed by atoms with Crippen LogP contribution in [0.25, 0.3) is 0 Å². The summed E-state index contributed by atoms with van der Waals surface area (Å²) in [5.41, 5.74) is 0. The monoisotopic (exact) mass is 403 g/mol. The molecule has 0 aromatic carbocycles. The van der Waals surface area contributed by atoms with Crippen molar-refractivity contribution in [3.63, 3.8) is 0 Å². The van der Waals surface area contributed by atoms with Crippen LogP contribution in [0.2, 0.25) is 6.04 Å². The summed E-state index contributed by atoms with van der Waals surface area (Å²) < 4.78 is 16.7. The van der Waals surface area contributed by atoms with Crippen LogP contribution in [-0.2, 0) is 13.3 Å². The van der Waals surface area contributed by atoms with E-state index in [1.165, 1.54) is 83.6 Å². The average Bonchev–Trinajstić information content (AvgIpc) is 2.67. The van der Waals surface area contributed by atoms with Crippen molar-refractivity contribution >= 4 is 8.80 Å². The van der Waals surface area contributed by atoms with Gasteiger partial charge in [-0.2, -0.15) is 0 Å². The number of hydrogen-bond donors (Lipinski definition) is 0. The van der Waals surface area contributed by atoms with Crippen LogP contribution in [0.3, 0.4) is 0 Å². The van der Waals surface area contributed by atoms with Crippen LogP contribution < -0.4 is 0 Å². The minimum atomic E-state index is -2.40. The molecule has 0 fully saturated rings. The lowest BCUT2D eigenvalue weighted by Crippen LogP contribution is -2.42. The van der Waals surface area contributed by atoms with Gasteiger partial charge in [-0.25, -0.2) is 0 Å². The minimum absolute atomic E-state index is 0.814. The fourth-order valence-electron chi connectivity index (χ4n) is 3.78. The Balaban J connectivity index is 4.03. The van der Waals surface area contributed by atoms with Crippen LogP contribution in [0.15, 0.2) is 0 Å². The van der Waals surface area contributed by atoms with E-state index in [-0.39, 0.29) is 0 Å². The Morgan fingerprint density at radius 2 is 1.15 bits per heavy atom. The van der Waals surface area contributed by atoms with E-state index >= 15 is 0 Å². The summed E-state index contributed by atoms with van der Waals surface area (Å²) in [7, 11) is 7.09. The molecule has 0 aromatic rings. The third-order valence-corrected chi connectivity index (χ3v) is 8.56. The van der Waals surface area contributed by atoms with Crippen LogP contribution in [-0.4, -0.2) is 55.7 Å². The van der Waals surface area contributed by atoms with Gasteiger partial charge in [0.05, 0.1) is 0 Å². The van der Waals surface area contributed by atoms with Crippen LogP contribution >= 0.6 is 0 Å². The van der Waals surface area contributed by atoms with E-state index in [0.29, 0.717) is 0 Å². The smallest absolute Gasteiger partial charge is 0.377 e. The Kier molecular flexibility index (Phi) is 18.1. The molecule has 1 atom stereocenters. The first-order valence-corrected chi connectivity index (χ1v) is 13.3. The molecule has 27 heavy (non-hydrogen) atoms. The first kappa shape index (κ1) is 27.1. The van der Waals surface area contributed by atoms with E-state index in [0.717, 1.165) is 18.4 Å². The van der Waals surface area contributed by atoms with Crippen molar-refractivity contribution in [2.75, 3.05) is 42.0 Å². The van der Waals surface area contributed by atoms with Crippen molar-refractivity contribution in [3.8, 4) is 0 Å². The predicted molar refractivity (Wildman–Crippen MR) is 119 cm³/mol. The molecule has 0 heterocycles. The Labute approximate surface area is 171 Å². The molecule has 0 saturated carbocycles. The molecule has 0 radical (unpaired) electrons. The summed E-state index contributed by atoms with van der Waals surface area (Å²) in [4.78, 5) is 2.31. The molecule has 0 aliphatic rings. The molecule has 0 aliphatic heterocycles. The van der Waals surface area contributed by atoms with Gasteiger partial charge in [0, 0.05) is 27.4 Å². The fraction of sp³-hybridized carbons (Fsp3) is 1.00. The first-order valence-electron chi connectivity index (χ1n) is 11.3. The lowest BCUT2D eigenvalue weighted by molar-refractivity contribution is 0.122. The number of unbranched alkanes of at least 4 members (excludes halogenated alkanes) is 8. The van der Waals surface area contributed by atoms with E-state index < -0.39 is 8.80 Å². The summed E-state index contributed by atoms with van der Waals surface area (Å²) >= 11 is 0. The van der Waals surface area contributed by atoms with Crippen molar-refractivity contribution in [2.24, 2.45) is 5.92 Å². The van der Waals surface area contributed by atoms with E-state index in [9.17, 15) is 0 Å². The lowest BCUT2D eigenvalue weighted by atomic mass is 9.93. The normalized spacial score (nSPS) is 13.4. The molecule has 1 unspecified atom stereocenters. The van der Waals surface area contributed by atoms with E-state index in [2.05, 4.69) is 25.9 Å². The van der Waals surface area contributed by atoms with Crippen molar-refractivity contribution in [2.45, 2.75) is 96.4 Å². The van der Waals surface area contributed by atoms with Crippen molar-refractivity contribution in [1.82, 2.24) is 4.90 Å². The second-order valence-electron chi connectivity index (χ2n) is 8.26. The standard InChI is InChI=1S/C22H49NO3Si/c1-7-8-9-10-11-12-13-14-15-17-22(19-20-23(2)3)18-16-21-27(24-4,25-5)26-6/h22H,7-21H2,1-6H3. The van der Waals surface area contributed by atoms with Gasteiger partial charge >= 0.3 is 8.80 Å². The number of hydrogen-bond acceptors (Lipinski definition) is 4. The molecule has 0 bridgehead atoms. The van der Waals surface area contributed by atoms with E-state index in [1.807, 2.05) is 0 Å². The van der Waals surface area contributed by atoms with Crippen LogP contribution in [0.4, 0.5) is 0 Å². The first-order chi connectivity index (χ1) is 13.0. The van der Waals surface area contributed by atoms with Crippen LogP contribution in [0, 0.1) is 5.92 Å². The summed E-state index contributed by atoms with van der Waals surface area (Å²) in [5.74, 6) is 0.814. The van der Waals surface area contributed by atoms with Gasteiger partial charge < -0.3 is 18.2 Å². The predicted octanol–water partition coefficient (Wildman–Crippen LogP) is 6.13. The third-order valence-electron chi connectivity index (χ3n) is 5.73. The van der Waals surface area contributed by atoms with Gasteiger partial charge in [0.2, 0.25) is 0 Å². The number of nitrogens with zero attached hydrogens (tertiary/aromatic N) is 1. The third kappa shape index (κ3) is 14.7. The molecule has 0 aliphatic carbocycles. The SMILES string of the molecule is CCCCCCCCCCCC(CCC[Si](OC)(OC)OC)CCN(C)C. The second-order valence-corrected chi connectivity index (χ2v) is 11.4. The maximum atomic E-state index is 5.56. The zero-order chi connectivity index (χ0) is 20.4. The highest BCUT2D eigenvalue weighted by Gasteiger charge is 2.37. The minimum Gasteiger partial charge on any atom is -0.377 e. The van der Waals surface area contributed by atoms with Gasteiger partial charge in [-0.3, -0.25) is 0 Å². The molecular formula is C22H49NO3Si. The Hall–Kier alpha value is 0.0569. The van der Waals surface area contributed by atoms with Gasteiger partial charge in [0.15, 0.2) is 0 Å². The van der Waals surface area contributed by atoms with Crippen LogP contribution in [0.1, 0.15) is 90.4 Å². The molecule has 164 valence electrons. The van der Waals surface area contributed by atoms with Crippen LogP contribution in [0.5, 0.6) is 0 Å². The van der Waals surface area contributed by atoms with Gasteiger partial charge in [0.25, 0.3) is 0 Å². The highest BCUT2D eigenvalue weighted by Crippen LogP contribution is 2.24. The van der Waals surface area contributed by atoms with Gasteiger partial charge in [-0.1, -0.05) is 77.6 Å². The van der Waals surface area contributed by atoms with Crippen molar-refractivity contribution in [3.05, 3.63) is 0 Å². The summed E-state index contributed by atoms with van der Waals surface area (Å²) in [6, 6.07) is 0.923. The average molecular weight is 404 g/mol. The van der Waals surface area contributed by atoms with E-state index in [4.69, 9.17) is 13.3 Å². The lowest BCUT2D eigenvalue weighted by Gasteiger charge is -2.25. The Morgan fingerprint density at radius 1 is 0.667 bits per heavy atom. The summed E-state index contributed by atoms with van der Waals surface area (Å²) in [5, 5.41) is 0. The van der Waals surface area contributed by atoms with Crippen molar-refractivity contribution in [1.29, 1.82) is 0 Å². The number of rotatable bonds is 20. The van der Waals surface area contributed by atoms with Gasteiger partial charge in [0.1, 0.15) is 0 Å². The molecular weight excluding hydrogens is 354 g/mol. The maximum Gasteiger partial charge on any atom is 0.500 e. The molecule has 0 N–H and O–H groups in total. The van der Waals surface area contributed by atoms with E-state index in [1.54, 1.807) is 21.3 Å². The molecule has 0 spiro atoms. The zero-order valence-electron chi connectivity index (χ0n) is 19.4. The highest BCUT2D eigenvalue weighted by atomic mass is 28.4. The Bertz CT molecular complexity index is 304. The Morgan fingerprint density at radius 3 is 1.63 bits per heavy atom. The van der Waals surface area contributed by atoms with Gasteiger partial charge in [-0.15, -0.1) is 0 Å². The molecule has 0 aromatic heterocycles. The quantitative estimate of drug-likeness (QED) is 0.181. The molecule has 5 heteroatoms. The molecule has 0 amide bonds. The summed E-state index contributed by atoms with van der Waals surface area (Å²) in [6.07, 6.45) is 17.7.